The van der Waals surface area contributed by atoms with Gasteiger partial charge in [-0.2, -0.15) is 0 Å². The van der Waals surface area contributed by atoms with Crippen LogP contribution < -0.4 is 10.6 Å². The standard InChI is InChI=1S/C15H22N2O3/c1-16-11-3-4-14(18)17-13-8-5-12(6-9-13)7-10-15(19)20-2/h5-6,8-9,16H,3-4,7,10-11H2,1-2H3,(H,17,18). The molecule has 0 spiro atoms. The fraction of sp³-hybridized carbons (Fsp3) is 0.467. The first kappa shape index (κ1) is 16.2. The summed E-state index contributed by atoms with van der Waals surface area (Å²) >= 11 is 0. The van der Waals surface area contributed by atoms with E-state index in [4.69, 9.17) is 0 Å². The van der Waals surface area contributed by atoms with Crippen LogP contribution in [0, 0.1) is 0 Å². The maximum Gasteiger partial charge on any atom is 0.305 e. The normalized spacial score (nSPS) is 10.1. The minimum atomic E-state index is -0.216. The van der Waals surface area contributed by atoms with E-state index in [-0.39, 0.29) is 11.9 Å². The van der Waals surface area contributed by atoms with E-state index in [1.54, 1.807) is 0 Å². The highest BCUT2D eigenvalue weighted by Crippen LogP contribution is 2.12. The van der Waals surface area contributed by atoms with Gasteiger partial charge in [-0.1, -0.05) is 12.1 Å². The summed E-state index contributed by atoms with van der Waals surface area (Å²) in [4.78, 5) is 22.7. The fourth-order valence-corrected chi connectivity index (χ4v) is 1.75. The van der Waals surface area contributed by atoms with Gasteiger partial charge in [-0.15, -0.1) is 0 Å². The lowest BCUT2D eigenvalue weighted by atomic mass is 10.1. The lowest BCUT2D eigenvalue weighted by Crippen LogP contribution is -2.15. The predicted octanol–water partition coefficient (Wildman–Crippen LogP) is 1.73. The molecule has 20 heavy (non-hydrogen) atoms. The number of hydrogen-bond donors (Lipinski definition) is 2. The maximum absolute atomic E-state index is 11.6. The molecular formula is C15H22N2O3. The molecule has 5 nitrogen and oxygen atoms in total. The largest absolute Gasteiger partial charge is 0.469 e. The van der Waals surface area contributed by atoms with Crippen LogP contribution in [0.2, 0.25) is 0 Å². The van der Waals surface area contributed by atoms with E-state index in [2.05, 4.69) is 15.4 Å². The van der Waals surface area contributed by atoms with Gasteiger partial charge in [0, 0.05) is 18.5 Å². The molecule has 0 saturated carbocycles. The molecule has 0 atom stereocenters. The van der Waals surface area contributed by atoms with Crippen LogP contribution in [0.25, 0.3) is 0 Å². The number of esters is 1. The first-order valence-electron chi connectivity index (χ1n) is 6.76. The molecular weight excluding hydrogens is 256 g/mol. The highest BCUT2D eigenvalue weighted by atomic mass is 16.5. The van der Waals surface area contributed by atoms with Gasteiger partial charge in [0.05, 0.1) is 7.11 Å². The van der Waals surface area contributed by atoms with E-state index < -0.39 is 0 Å². The minimum absolute atomic E-state index is 0.0163. The molecule has 0 unspecified atom stereocenters. The second kappa shape index (κ2) is 9.09. The van der Waals surface area contributed by atoms with Gasteiger partial charge in [0.15, 0.2) is 0 Å². The first-order chi connectivity index (χ1) is 9.65. The van der Waals surface area contributed by atoms with Crippen molar-refractivity contribution in [2.75, 3.05) is 26.0 Å². The summed E-state index contributed by atoms with van der Waals surface area (Å²) in [6.45, 7) is 0.833. The molecule has 0 bridgehead atoms. The molecule has 0 aliphatic heterocycles. The minimum Gasteiger partial charge on any atom is -0.469 e. The van der Waals surface area contributed by atoms with Crippen molar-refractivity contribution in [3.63, 3.8) is 0 Å². The summed E-state index contributed by atoms with van der Waals surface area (Å²) in [6, 6.07) is 7.52. The first-order valence-corrected chi connectivity index (χ1v) is 6.76. The van der Waals surface area contributed by atoms with Crippen molar-refractivity contribution < 1.29 is 14.3 Å². The highest BCUT2D eigenvalue weighted by Gasteiger charge is 2.04. The van der Waals surface area contributed by atoms with Crippen LogP contribution in [0.3, 0.4) is 0 Å². The molecule has 2 N–H and O–H groups in total. The van der Waals surface area contributed by atoms with E-state index >= 15 is 0 Å². The van der Waals surface area contributed by atoms with Gasteiger partial charge in [0.25, 0.3) is 0 Å². The molecule has 0 aromatic heterocycles. The summed E-state index contributed by atoms with van der Waals surface area (Å²) < 4.78 is 4.59. The number of hydrogen-bond acceptors (Lipinski definition) is 4. The Hall–Kier alpha value is -1.88. The number of carbonyl (C=O) groups excluding carboxylic acids is 2. The molecule has 110 valence electrons. The zero-order chi connectivity index (χ0) is 14.8. The van der Waals surface area contributed by atoms with Crippen molar-refractivity contribution in [1.29, 1.82) is 0 Å². The molecule has 5 heteroatoms. The smallest absolute Gasteiger partial charge is 0.305 e. The molecule has 0 radical (unpaired) electrons. The predicted molar refractivity (Wildman–Crippen MR) is 78.6 cm³/mol. The Labute approximate surface area is 119 Å². The number of rotatable bonds is 8. The third kappa shape index (κ3) is 6.33. The Kier molecular flexibility index (Phi) is 7.35. The zero-order valence-electron chi connectivity index (χ0n) is 12.1. The monoisotopic (exact) mass is 278 g/mol. The van der Waals surface area contributed by atoms with Crippen LogP contribution >= 0.6 is 0 Å². The lowest BCUT2D eigenvalue weighted by molar-refractivity contribution is -0.140. The van der Waals surface area contributed by atoms with E-state index in [1.165, 1.54) is 7.11 Å². The van der Waals surface area contributed by atoms with Crippen molar-refractivity contribution in [2.24, 2.45) is 0 Å². The van der Waals surface area contributed by atoms with E-state index in [9.17, 15) is 9.59 Å². The van der Waals surface area contributed by atoms with Crippen LogP contribution in [0.5, 0.6) is 0 Å². The number of ether oxygens (including phenoxy) is 1. The van der Waals surface area contributed by atoms with Gasteiger partial charge in [-0.25, -0.2) is 0 Å². The summed E-state index contributed by atoms with van der Waals surface area (Å²) in [5.41, 5.74) is 1.82. The number of carbonyl (C=O) groups is 2. The van der Waals surface area contributed by atoms with Crippen LogP contribution in [-0.4, -0.2) is 32.6 Å². The van der Waals surface area contributed by atoms with E-state index in [1.807, 2.05) is 31.3 Å². The molecule has 1 rings (SSSR count). The molecule has 1 amide bonds. The molecule has 0 saturated heterocycles. The van der Waals surface area contributed by atoms with Gasteiger partial charge in [-0.05, 0) is 44.1 Å². The number of amides is 1. The van der Waals surface area contributed by atoms with Crippen LogP contribution in [-0.2, 0) is 20.7 Å². The van der Waals surface area contributed by atoms with Gasteiger partial charge in [0.1, 0.15) is 0 Å². The quantitative estimate of drug-likeness (QED) is 0.561. The zero-order valence-corrected chi connectivity index (χ0v) is 12.1. The van der Waals surface area contributed by atoms with Crippen molar-refractivity contribution in [3.05, 3.63) is 29.8 Å². The molecule has 0 heterocycles. The van der Waals surface area contributed by atoms with E-state index in [0.29, 0.717) is 19.3 Å². The van der Waals surface area contributed by atoms with Crippen molar-refractivity contribution >= 4 is 17.6 Å². The Morgan fingerprint density at radius 3 is 2.45 bits per heavy atom. The molecule has 1 aromatic rings. The SMILES string of the molecule is CNCCCC(=O)Nc1ccc(CCC(=O)OC)cc1. The molecule has 0 aliphatic carbocycles. The van der Waals surface area contributed by atoms with Gasteiger partial charge >= 0.3 is 5.97 Å². The van der Waals surface area contributed by atoms with Crippen LogP contribution in [0.4, 0.5) is 5.69 Å². The van der Waals surface area contributed by atoms with Crippen molar-refractivity contribution in [2.45, 2.75) is 25.7 Å². The van der Waals surface area contributed by atoms with Crippen molar-refractivity contribution in [1.82, 2.24) is 5.32 Å². The third-order valence-corrected chi connectivity index (χ3v) is 2.91. The van der Waals surface area contributed by atoms with E-state index in [0.717, 1.165) is 24.2 Å². The Morgan fingerprint density at radius 2 is 1.85 bits per heavy atom. The molecule has 1 aromatic carbocycles. The van der Waals surface area contributed by atoms with Crippen LogP contribution in [0.15, 0.2) is 24.3 Å². The average Bonchev–Trinajstić information content (AvgIpc) is 2.46. The Morgan fingerprint density at radius 1 is 1.15 bits per heavy atom. The number of nitrogens with one attached hydrogen (secondary N) is 2. The topological polar surface area (TPSA) is 67.4 Å². The maximum atomic E-state index is 11.6. The number of methoxy groups -OCH3 is 1. The Bertz CT molecular complexity index is 429. The summed E-state index contributed by atoms with van der Waals surface area (Å²) in [5.74, 6) is -0.200. The highest BCUT2D eigenvalue weighted by molar-refractivity contribution is 5.90. The van der Waals surface area contributed by atoms with Gasteiger partial charge in [0.2, 0.25) is 5.91 Å². The molecule has 0 fully saturated rings. The Balaban J connectivity index is 2.38. The number of aryl methyl sites for hydroxylation is 1. The second-order valence-electron chi connectivity index (χ2n) is 4.53. The number of anilines is 1. The summed E-state index contributed by atoms with van der Waals surface area (Å²) in [6.07, 6.45) is 2.33. The van der Waals surface area contributed by atoms with Gasteiger partial charge in [-0.3, -0.25) is 9.59 Å². The van der Waals surface area contributed by atoms with Crippen molar-refractivity contribution in [3.8, 4) is 0 Å². The lowest BCUT2D eigenvalue weighted by Gasteiger charge is -2.06. The van der Waals surface area contributed by atoms with Gasteiger partial charge < -0.3 is 15.4 Å². The summed E-state index contributed by atoms with van der Waals surface area (Å²) in [5, 5.41) is 5.85. The van der Waals surface area contributed by atoms with Crippen LogP contribution in [0.1, 0.15) is 24.8 Å². The third-order valence-electron chi connectivity index (χ3n) is 2.91. The molecule has 0 aliphatic rings. The average molecular weight is 278 g/mol. The second-order valence-corrected chi connectivity index (χ2v) is 4.53. The number of benzene rings is 1. The fourth-order valence-electron chi connectivity index (χ4n) is 1.75. The summed E-state index contributed by atoms with van der Waals surface area (Å²) in [7, 11) is 3.25.